The number of primary amides is 1. The minimum absolute atomic E-state index is 0.0494. The summed E-state index contributed by atoms with van der Waals surface area (Å²) in [6.45, 7) is 5.70. The van der Waals surface area contributed by atoms with Gasteiger partial charge in [-0.25, -0.2) is 4.79 Å². The molecule has 3 atom stereocenters. The van der Waals surface area contributed by atoms with Crippen LogP contribution in [0.3, 0.4) is 0 Å². The Kier molecular flexibility index (Phi) is 15.9. The van der Waals surface area contributed by atoms with Crippen LogP contribution in [-0.2, 0) is 35.3 Å². The highest BCUT2D eigenvalue weighted by Gasteiger charge is 2.38. The van der Waals surface area contributed by atoms with Crippen molar-refractivity contribution >= 4 is 41.4 Å². The van der Waals surface area contributed by atoms with Gasteiger partial charge in [0.05, 0.1) is 43.5 Å². The molecule has 1 aliphatic rings. The van der Waals surface area contributed by atoms with Gasteiger partial charge in [-0.05, 0) is 48.8 Å². The van der Waals surface area contributed by atoms with Crippen molar-refractivity contribution in [3.8, 4) is 0 Å². The molecule has 15 nitrogen and oxygen atoms in total. The summed E-state index contributed by atoms with van der Waals surface area (Å²) in [5.74, 6) is -5.50. The van der Waals surface area contributed by atoms with Gasteiger partial charge in [0, 0.05) is 6.54 Å². The lowest BCUT2D eigenvalue weighted by Crippen LogP contribution is -2.59. The van der Waals surface area contributed by atoms with Crippen LogP contribution >= 0.6 is 0 Å². The third kappa shape index (κ3) is 13.6. The van der Waals surface area contributed by atoms with E-state index in [4.69, 9.17) is 10.5 Å². The van der Waals surface area contributed by atoms with Crippen molar-refractivity contribution in [2.75, 3.05) is 26.2 Å². The Hall–Kier alpha value is -5.31. The molecule has 1 aliphatic carbocycles. The molecular weight excluding hydrogens is 684 g/mol. The molecule has 0 radical (unpaired) electrons. The van der Waals surface area contributed by atoms with Gasteiger partial charge in [-0.2, -0.15) is 0 Å². The van der Waals surface area contributed by atoms with E-state index in [2.05, 4.69) is 21.3 Å². The second-order valence-corrected chi connectivity index (χ2v) is 14.4. The number of carbonyl (C=O) groups excluding carboxylic acids is 6. The third-order valence-corrected chi connectivity index (χ3v) is 8.89. The molecule has 3 rings (SSSR count). The SMILES string of the molecule is CC(CN(CC(=O)NC(C(=O)NCC(N)=O)C1CCCCC1)C(=O)C(NC(=O)CNC(=O)c1ccccc1C(=O)O)C(C)(C)C)OCc1ccccc1. The molecule has 53 heavy (non-hydrogen) atoms. The molecule has 0 spiro atoms. The molecule has 0 aromatic heterocycles. The smallest absolute Gasteiger partial charge is 0.336 e. The van der Waals surface area contributed by atoms with Gasteiger partial charge < -0.3 is 41.7 Å². The monoisotopic (exact) mass is 736 g/mol. The second-order valence-electron chi connectivity index (χ2n) is 14.4. The van der Waals surface area contributed by atoms with Gasteiger partial charge in [0.1, 0.15) is 12.1 Å². The quantitative estimate of drug-likeness (QED) is 0.131. The van der Waals surface area contributed by atoms with Crippen molar-refractivity contribution in [2.24, 2.45) is 17.1 Å². The molecule has 1 saturated carbocycles. The van der Waals surface area contributed by atoms with E-state index in [1.54, 1.807) is 27.7 Å². The zero-order valence-electron chi connectivity index (χ0n) is 30.8. The first-order valence-electron chi connectivity index (χ1n) is 17.8. The van der Waals surface area contributed by atoms with Gasteiger partial charge in [-0.15, -0.1) is 0 Å². The summed E-state index contributed by atoms with van der Waals surface area (Å²) < 4.78 is 6.03. The van der Waals surface area contributed by atoms with Crippen LogP contribution in [0.2, 0.25) is 0 Å². The third-order valence-electron chi connectivity index (χ3n) is 8.89. The Labute approximate surface area is 309 Å². The standard InChI is InChI=1S/C38H52N6O9/c1-24(53-23-25-13-7-5-8-14-25)21-44(22-31(47)42-32(26-15-9-6-10-16-26)35(49)40-19-29(39)45)36(50)33(38(2,3)4)43-30(46)20-41-34(48)27-17-11-12-18-28(27)37(51)52/h5,7-8,11-14,17-18,24,26,32-33H,6,9-10,15-16,19-23H2,1-4H3,(H2,39,45)(H,40,49)(H,41,48)(H,42,47)(H,43,46)(H,51,52). The Morgan fingerprint density at radius 2 is 1.47 bits per heavy atom. The van der Waals surface area contributed by atoms with E-state index in [9.17, 15) is 38.7 Å². The van der Waals surface area contributed by atoms with Crippen molar-refractivity contribution in [3.05, 3.63) is 71.3 Å². The molecule has 15 heteroatoms. The predicted molar refractivity (Wildman–Crippen MR) is 195 cm³/mol. The summed E-state index contributed by atoms with van der Waals surface area (Å²) in [5, 5.41) is 19.8. The summed E-state index contributed by atoms with van der Waals surface area (Å²) in [6, 6.07) is 12.8. The van der Waals surface area contributed by atoms with Crippen molar-refractivity contribution < 1.29 is 43.4 Å². The normalized spacial score (nSPS) is 14.9. The maximum Gasteiger partial charge on any atom is 0.336 e. The number of ether oxygens (including phenoxy) is 1. The van der Waals surface area contributed by atoms with E-state index >= 15 is 0 Å². The highest BCUT2D eigenvalue weighted by Crippen LogP contribution is 2.27. The number of nitrogens with one attached hydrogen (secondary N) is 4. The molecule has 3 unspecified atom stereocenters. The first-order chi connectivity index (χ1) is 25.1. The largest absolute Gasteiger partial charge is 0.478 e. The molecule has 0 heterocycles. The molecule has 7 N–H and O–H groups in total. The molecule has 0 saturated heterocycles. The van der Waals surface area contributed by atoms with Crippen molar-refractivity contribution in [3.63, 3.8) is 0 Å². The number of nitrogens with two attached hydrogens (primary N) is 1. The van der Waals surface area contributed by atoms with Crippen LogP contribution in [0.1, 0.15) is 86.1 Å². The molecule has 288 valence electrons. The number of nitrogens with zero attached hydrogens (tertiary/aromatic N) is 1. The molecular formula is C38H52N6O9. The summed E-state index contributed by atoms with van der Waals surface area (Å²) in [7, 11) is 0. The highest BCUT2D eigenvalue weighted by atomic mass is 16.5. The number of carboxylic acids is 1. The summed E-state index contributed by atoms with van der Waals surface area (Å²) in [4.78, 5) is 91.4. The molecule has 0 bridgehead atoms. The molecule has 1 fully saturated rings. The second kappa shape index (κ2) is 20.1. The maximum atomic E-state index is 14.3. The number of hydrogen-bond acceptors (Lipinski definition) is 8. The average molecular weight is 737 g/mol. The zero-order chi connectivity index (χ0) is 39.1. The number of amides is 6. The van der Waals surface area contributed by atoms with Crippen LogP contribution in [0.4, 0.5) is 0 Å². The number of benzene rings is 2. The first-order valence-corrected chi connectivity index (χ1v) is 17.8. The van der Waals surface area contributed by atoms with Crippen molar-refractivity contribution in [1.29, 1.82) is 0 Å². The molecule has 6 amide bonds. The van der Waals surface area contributed by atoms with E-state index in [0.29, 0.717) is 12.8 Å². The van der Waals surface area contributed by atoms with Crippen LogP contribution in [0.25, 0.3) is 0 Å². The Morgan fingerprint density at radius 1 is 0.849 bits per heavy atom. The minimum atomic E-state index is -1.30. The van der Waals surface area contributed by atoms with Crippen LogP contribution < -0.4 is 27.0 Å². The van der Waals surface area contributed by atoms with E-state index in [-0.39, 0.29) is 30.2 Å². The van der Waals surface area contributed by atoms with E-state index < -0.39 is 84.6 Å². The number of rotatable bonds is 18. The number of carbonyl (C=O) groups is 7. The zero-order valence-corrected chi connectivity index (χ0v) is 30.8. The average Bonchev–Trinajstić information content (AvgIpc) is 3.12. The lowest BCUT2D eigenvalue weighted by Gasteiger charge is -2.36. The topological polar surface area (TPSA) is 226 Å². The van der Waals surface area contributed by atoms with E-state index in [0.717, 1.165) is 24.8 Å². The van der Waals surface area contributed by atoms with Crippen LogP contribution in [0.15, 0.2) is 54.6 Å². The molecule has 2 aromatic carbocycles. The van der Waals surface area contributed by atoms with Gasteiger partial charge in [0.15, 0.2) is 0 Å². The summed E-state index contributed by atoms with van der Waals surface area (Å²) >= 11 is 0. The van der Waals surface area contributed by atoms with Crippen molar-refractivity contribution in [2.45, 2.75) is 84.6 Å². The van der Waals surface area contributed by atoms with Crippen molar-refractivity contribution in [1.82, 2.24) is 26.2 Å². The lowest BCUT2D eigenvalue weighted by atomic mass is 9.83. The number of hydrogen-bond donors (Lipinski definition) is 6. The van der Waals surface area contributed by atoms with E-state index in [1.807, 2.05) is 30.3 Å². The number of aromatic carboxylic acids is 1. The van der Waals surface area contributed by atoms with Gasteiger partial charge in [-0.1, -0.05) is 82.5 Å². The van der Waals surface area contributed by atoms with Gasteiger partial charge >= 0.3 is 5.97 Å². The predicted octanol–water partition coefficient (Wildman–Crippen LogP) is 1.75. The van der Waals surface area contributed by atoms with Crippen LogP contribution in [-0.4, -0.2) is 95.8 Å². The fourth-order valence-electron chi connectivity index (χ4n) is 6.12. The first kappa shape index (κ1) is 42.1. The fourth-order valence-corrected chi connectivity index (χ4v) is 6.12. The Morgan fingerprint density at radius 3 is 2.08 bits per heavy atom. The number of carboxylic acid groups (broad SMARTS) is 1. The lowest BCUT2D eigenvalue weighted by molar-refractivity contribution is -0.144. The van der Waals surface area contributed by atoms with Crippen LogP contribution in [0, 0.1) is 11.3 Å². The Bertz CT molecular complexity index is 1600. The highest BCUT2D eigenvalue weighted by molar-refractivity contribution is 6.05. The van der Waals surface area contributed by atoms with Crippen LogP contribution in [0.5, 0.6) is 0 Å². The van der Waals surface area contributed by atoms with Gasteiger partial charge in [0.25, 0.3) is 5.91 Å². The molecule has 0 aliphatic heterocycles. The molecule has 2 aromatic rings. The minimum Gasteiger partial charge on any atom is -0.478 e. The van der Waals surface area contributed by atoms with Gasteiger partial charge in [0.2, 0.25) is 29.5 Å². The Balaban J connectivity index is 1.81. The van der Waals surface area contributed by atoms with E-state index in [1.165, 1.54) is 29.2 Å². The maximum absolute atomic E-state index is 14.3. The van der Waals surface area contributed by atoms with Gasteiger partial charge in [-0.3, -0.25) is 28.8 Å². The fraction of sp³-hybridized carbons (Fsp3) is 0.500. The summed E-state index contributed by atoms with van der Waals surface area (Å²) in [5.41, 5.74) is 4.89. The summed E-state index contributed by atoms with van der Waals surface area (Å²) in [6.07, 6.45) is 3.57.